The van der Waals surface area contributed by atoms with E-state index in [9.17, 15) is 14.4 Å². The minimum absolute atomic E-state index is 0.0221. The number of hydrogen-bond donors (Lipinski definition) is 0. The van der Waals surface area contributed by atoms with Crippen LogP contribution in [0.2, 0.25) is 0 Å². The van der Waals surface area contributed by atoms with Gasteiger partial charge in [0.15, 0.2) is 11.9 Å². The van der Waals surface area contributed by atoms with Crippen molar-refractivity contribution in [1.82, 2.24) is 4.90 Å². The van der Waals surface area contributed by atoms with Crippen LogP contribution in [0.4, 0.5) is 0 Å². The zero-order chi connectivity index (χ0) is 22.0. The molecule has 0 spiro atoms. The van der Waals surface area contributed by atoms with Gasteiger partial charge in [0.1, 0.15) is 5.76 Å². The Balaban J connectivity index is 1.39. The number of benzene rings is 2. The molecule has 6 nitrogen and oxygen atoms in total. The van der Waals surface area contributed by atoms with Gasteiger partial charge in [-0.3, -0.25) is 9.59 Å². The molecule has 0 saturated heterocycles. The van der Waals surface area contributed by atoms with Crippen LogP contribution in [0.1, 0.15) is 45.9 Å². The van der Waals surface area contributed by atoms with Crippen molar-refractivity contribution in [3.05, 3.63) is 83.1 Å². The SMILES string of the molecule is CC(=O)c1ccc(-c2ccc(C(=O)O[C@@H](C)C(=O)N3CCc4ccccc4C3)o2)cc1. The summed E-state index contributed by atoms with van der Waals surface area (Å²) in [5.41, 5.74) is 3.70. The van der Waals surface area contributed by atoms with Crippen molar-refractivity contribution in [1.29, 1.82) is 0 Å². The Kier molecular flexibility index (Phi) is 5.71. The molecule has 1 atom stereocenters. The van der Waals surface area contributed by atoms with E-state index in [1.165, 1.54) is 18.6 Å². The molecule has 158 valence electrons. The van der Waals surface area contributed by atoms with E-state index in [1.807, 2.05) is 18.2 Å². The summed E-state index contributed by atoms with van der Waals surface area (Å²) >= 11 is 0. The van der Waals surface area contributed by atoms with Crippen molar-refractivity contribution in [3.8, 4) is 11.3 Å². The fraction of sp³-hybridized carbons (Fsp3) is 0.240. The van der Waals surface area contributed by atoms with Crippen LogP contribution in [0, 0.1) is 0 Å². The van der Waals surface area contributed by atoms with Crippen molar-refractivity contribution in [2.45, 2.75) is 32.9 Å². The molecule has 0 unspecified atom stereocenters. The maximum atomic E-state index is 12.8. The lowest BCUT2D eigenvalue weighted by atomic mass is 9.99. The summed E-state index contributed by atoms with van der Waals surface area (Å²) in [6.07, 6.45) is -0.131. The van der Waals surface area contributed by atoms with Gasteiger partial charge in [0.2, 0.25) is 5.76 Å². The van der Waals surface area contributed by atoms with E-state index in [1.54, 1.807) is 42.2 Å². The predicted octanol–water partition coefficient (Wildman–Crippen LogP) is 4.28. The lowest BCUT2D eigenvalue weighted by molar-refractivity contribution is -0.140. The molecule has 0 aliphatic carbocycles. The second-order valence-corrected chi connectivity index (χ2v) is 7.62. The number of rotatable bonds is 5. The topological polar surface area (TPSA) is 76.8 Å². The van der Waals surface area contributed by atoms with E-state index in [0.29, 0.717) is 24.4 Å². The number of carbonyl (C=O) groups is 3. The number of amides is 1. The van der Waals surface area contributed by atoms with Crippen molar-refractivity contribution in [2.75, 3.05) is 6.54 Å². The number of Topliss-reactive ketones (excluding diaryl/α,β-unsaturated/α-hetero) is 1. The Labute approximate surface area is 180 Å². The Hall–Kier alpha value is -3.67. The molecule has 0 N–H and O–H groups in total. The molecular weight excluding hydrogens is 394 g/mol. The summed E-state index contributed by atoms with van der Waals surface area (Å²) < 4.78 is 11.0. The third-order valence-corrected chi connectivity index (χ3v) is 5.46. The standard InChI is InChI=1S/C25H23NO5/c1-16(27)18-7-9-20(10-8-18)22-11-12-23(31-22)25(29)30-17(2)24(28)26-14-13-19-5-3-4-6-21(19)15-26/h3-12,17H,13-15H2,1-2H3/t17-/m0/s1. The quantitative estimate of drug-likeness (QED) is 0.457. The van der Waals surface area contributed by atoms with Crippen LogP contribution in [-0.2, 0) is 22.5 Å². The fourth-order valence-electron chi connectivity index (χ4n) is 3.68. The van der Waals surface area contributed by atoms with E-state index in [-0.39, 0.29) is 17.5 Å². The minimum Gasteiger partial charge on any atom is -0.449 e. The summed E-state index contributed by atoms with van der Waals surface area (Å²) in [4.78, 5) is 38.4. The largest absolute Gasteiger partial charge is 0.449 e. The van der Waals surface area contributed by atoms with E-state index in [0.717, 1.165) is 17.5 Å². The minimum atomic E-state index is -0.916. The summed E-state index contributed by atoms with van der Waals surface area (Å²) in [6.45, 7) is 4.18. The molecule has 6 heteroatoms. The molecule has 4 rings (SSSR count). The first-order valence-electron chi connectivity index (χ1n) is 10.2. The number of ether oxygens (including phenoxy) is 1. The zero-order valence-corrected chi connectivity index (χ0v) is 17.5. The highest BCUT2D eigenvalue weighted by Crippen LogP contribution is 2.24. The van der Waals surface area contributed by atoms with Crippen LogP contribution in [0.25, 0.3) is 11.3 Å². The van der Waals surface area contributed by atoms with Crippen molar-refractivity contribution >= 4 is 17.7 Å². The Morgan fingerprint density at radius 3 is 2.39 bits per heavy atom. The van der Waals surface area contributed by atoms with E-state index >= 15 is 0 Å². The van der Waals surface area contributed by atoms with Gasteiger partial charge in [-0.15, -0.1) is 0 Å². The van der Waals surface area contributed by atoms with Gasteiger partial charge in [-0.1, -0.05) is 48.5 Å². The van der Waals surface area contributed by atoms with Crippen molar-refractivity contribution in [3.63, 3.8) is 0 Å². The normalized spacial score (nSPS) is 13.9. The third-order valence-electron chi connectivity index (χ3n) is 5.46. The van der Waals surface area contributed by atoms with Crippen LogP contribution >= 0.6 is 0 Å². The summed E-state index contributed by atoms with van der Waals surface area (Å²) in [6, 6.07) is 18.1. The van der Waals surface area contributed by atoms with Gasteiger partial charge in [-0.25, -0.2) is 4.79 Å². The number of nitrogens with zero attached hydrogens (tertiary/aromatic N) is 1. The average molecular weight is 417 g/mol. The molecule has 0 saturated carbocycles. The average Bonchev–Trinajstić information content (AvgIpc) is 3.29. The van der Waals surface area contributed by atoms with Crippen molar-refractivity contribution < 1.29 is 23.5 Å². The molecule has 1 aliphatic rings. The fourth-order valence-corrected chi connectivity index (χ4v) is 3.68. The first-order valence-corrected chi connectivity index (χ1v) is 10.2. The highest BCUT2D eigenvalue weighted by atomic mass is 16.6. The smallest absolute Gasteiger partial charge is 0.375 e. The highest BCUT2D eigenvalue weighted by molar-refractivity contribution is 5.94. The van der Waals surface area contributed by atoms with Gasteiger partial charge < -0.3 is 14.1 Å². The molecular formula is C25H23NO5. The maximum absolute atomic E-state index is 12.8. The summed E-state index contributed by atoms with van der Waals surface area (Å²) in [5.74, 6) is -0.437. The summed E-state index contributed by atoms with van der Waals surface area (Å²) in [7, 11) is 0. The second-order valence-electron chi connectivity index (χ2n) is 7.62. The number of hydrogen-bond acceptors (Lipinski definition) is 5. The Bertz CT molecular complexity index is 1130. The van der Waals surface area contributed by atoms with Crippen LogP contribution in [0.15, 0.2) is 65.1 Å². The lowest BCUT2D eigenvalue weighted by Gasteiger charge is -2.30. The zero-order valence-electron chi connectivity index (χ0n) is 17.5. The number of carbonyl (C=O) groups excluding carboxylic acids is 3. The van der Waals surface area contributed by atoms with Crippen LogP contribution < -0.4 is 0 Å². The number of fused-ring (bicyclic) bond motifs is 1. The van der Waals surface area contributed by atoms with Gasteiger partial charge >= 0.3 is 5.97 Å². The van der Waals surface area contributed by atoms with Gasteiger partial charge in [0, 0.05) is 24.2 Å². The molecule has 2 heterocycles. The molecule has 1 amide bonds. The number of furan rings is 1. The number of ketones is 1. The van der Waals surface area contributed by atoms with E-state index in [2.05, 4.69) is 6.07 Å². The maximum Gasteiger partial charge on any atom is 0.375 e. The second kappa shape index (κ2) is 8.60. The first-order chi connectivity index (χ1) is 14.9. The molecule has 0 fully saturated rings. The molecule has 1 aromatic heterocycles. The molecule has 3 aromatic rings. The van der Waals surface area contributed by atoms with Gasteiger partial charge in [0.05, 0.1) is 0 Å². The molecule has 31 heavy (non-hydrogen) atoms. The van der Waals surface area contributed by atoms with Crippen LogP contribution in [0.5, 0.6) is 0 Å². The van der Waals surface area contributed by atoms with Crippen LogP contribution in [0.3, 0.4) is 0 Å². The summed E-state index contributed by atoms with van der Waals surface area (Å²) in [5, 5.41) is 0. The van der Waals surface area contributed by atoms with Crippen LogP contribution in [-0.4, -0.2) is 35.2 Å². The molecule has 1 aliphatic heterocycles. The Morgan fingerprint density at radius 1 is 0.968 bits per heavy atom. The predicted molar refractivity (Wildman–Crippen MR) is 115 cm³/mol. The van der Waals surface area contributed by atoms with Gasteiger partial charge in [-0.05, 0) is 43.5 Å². The van der Waals surface area contributed by atoms with Gasteiger partial charge in [0.25, 0.3) is 5.91 Å². The monoisotopic (exact) mass is 417 g/mol. The lowest BCUT2D eigenvalue weighted by Crippen LogP contribution is -2.42. The Morgan fingerprint density at radius 2 is 1.68 bits per heavy atom. The van der Waals surface area contributed by atoms with E-state index < -0.39 is 12.1 Å². The third kappa shape index (κ3) is 4.43. The van der Waals surface area contributed by atoms with Gasteiger partial charge in [-0.2, -0.15) is 0 Å². The van der Waals surface area contributed by atoms with Crippen molar-refractivity contribution in [2.24, 2.45) is 0 Å². The first kappa shape index (κ1) is 20.6. The van der Waals surface area contributed by atoms with E-state index in [4.69, 9.17) is 9.15 Å². The molecule has 0 bridgehead atoms. The highest BCUT2D eigenvalue weighted by Gasteiger charge is 2.28. The molecule has 0 radical (unpaired) electrons. The molecule has 2 aromatic carbocycles. The number of esters is 1.